The zero-order chi connectivity index (χ0) is 27.6. The maximum Gasteiger partial charge on any atom is 0.323 e. The van der Waals surface area contributed by atoms with Gasteiger partial charge in [0.15, 0.2) is 0 Å². The third kappa shape index (κ3) is 10.1. The van der Waals surface area contributed by atoms with E-state index in [-0.39, 0.29) is 29.8 Å². The van der Waals surface area contributed by atoms with E-state index in [2.05, 4.69) is 58.6 Å². The number of carbonyl (C=O) groups is 1. The van der Waals surface area contributed by atoms with Crippen LogP contribution >= 0.6 is 0 Å². The van der Waals surface area contributed by atoms with Gasteiger partial charge in [0.25, 0.3) is 0 Å². The van der Waals surface area contributed by atoms with Crippen molar-refractivity contribution in [2.45, 2.75) is 144 Å². The summed E-state index contributed by atoms with van der Waals surface area (Å²) in [5, 5.41) is 0. The zero-order valence-electron chi connectivity index (χ0n) is 25.5. The van der Waals surface area contributed by atoms with Crippen LogP contribution in [0.4, 0.5) is 0 Å². The number of hydrogen-bond acceptors (Lipinski definition) is 5. The minimum absolute atomic E-state index is 0.0258. The first-order valence-electron chi connectivity index (χ1n) is 14.9. The Morgan fingerprint density at radius 1 is 1.30 bits per heavy atom. The Bertz CT molecular complexity index is 769. The molecule has 1 saturated heterocycles. The lowest BCUT2D eigenvalue weighted by Crippen LogP contribution is -2.52. The average Bonchev–Trinajstić information content (AvgIpc) is 3.25. The largest absolute Gasteiger partial charge is 0.458 e. The van der Waals surface area contributed by atoms with Crippen molar-refractivity contribution < 1.29 is 19.0 Å². The van der Waals surface area contributed by atoms with Crippen molar-refractivity contribution in [3.63, 3.8) is 0 Å². The van der Waals surface area contributed by atoms with Crippen LogP contribution in [-0.2, 0) is 19.0 Å². The van der Waals surface area contributed by atoms with Gasteiger partial charge in [0.05, 0.1) is 12.7 Å². The van der Waals surface area contributed by atoms with E-state index in [0.29, 0.717) is 19.1 Å². The quantitative estimate of drug-likeness (QED) is 0.125. The van der Waals surface area contributed by atoms with E-state index in [0.717, 1.165) is 64.4 Å². The standard InChI is InChI=1S/C32H57NO4/c1-10-12-19-35-23-28-22-33(26(6)29(34)37-31(7,8)20-25(5)11-2)30(36-28)32(9)18-14-17-27(21-32)16-13-15-24(3)4/h15,17,25-26,28,30H,10-14,16,18-23H2,1-9H3. The van der Waals surface area contributed by atoms with Crippen LogP contribution in [-0.4, -0.2) is 54.6 Å². The summed E-state index contributed by atoms with van der Waals surface area (Å²) in [6, 6.07) is -0.362. The van der Waals surface area contributed by atoms with Crippen molar-refractivity contribution in [1.82, 2.24) is 4.90 Å². The van der Waals surface area contributed by atoms with Crippen LogP contribution in [0.3, 0.4) is 0 Å². The number of rotatable bonds is 15. The summed E-state index contributed by atoms with van der Waals surface area (Å²) in [5.74, 6) is 0.372. The third-order valence-corrected chi connectivity index (χ3v) is 8.13. The fourth-order valence-corrected chi connectivity index (χ4v) is 5.86. The lowest BCUT2D eigenvalue weighted by molar-refractivity contribution is -0.170. The summed E-state index contributed by atoms with van der Waals surface area (Å²) in [6.07, 6.45) is 14.1. The van der Waals surface area contributed by atoms with E-state index >= 15 is 0 Å². The maximum absolute atomic E-state index is 13.5. The molecule has 0 aromatic rings. The van der Waals surface area contributed by atoms with Crippen molar-refractivity contribution in [2.75, 3.05) is 19.8 Å². The van der Waals surface area contributed by atoms with Crippen molar-refractivity contribution in [3.8, 4) is 0 Å². The normalized spacial score (nSPS) is 26.5. The van der Waals surface area contributed by atoms with Gasteiger partial charge in [0.1, 0.15) is 17.9 Å². The number of ether oxygens (including phenoxy) is 3. The second-order valence-corrected chi connectivity index (χ2v) is 12.9. The molecule has 37 heavy (non-hydrogen) atoms. The smallest absolute Gasteiger partial charge is 0.323 e. The lowest BCUT2D eigenvalue weighted by Gasteiger charge is -2.43. The van der Waals surface area contributed by atoms with Crippen LogP contribution in [0, 0.1) is 11.3 Å². The SMILES string of the molecule is CCCCOCC1CN(C(C)C(=O)OC(C)(C)CC(C)CC)C(C2(C)CCC=C(CCC=C(C)C)C2)O1. The number of carbonyl (C=O) groups excluding carboxylic acids is 1. The fraction of sp³-hybridized carbons (Fsp3) is 0.844. The predicted octanol–water partition coefficient (Wildman–Crippen LogP) is 7.84. The summed E-state index contributed by atoms with van der Waals surface area (Å²) < 4.78 is 18.8. The van der Waals surface area contributed by atoms with Crippen molar-refractivity contribution in [1.29, 1.82) is 0 Å². The van der Waals surface area contributed by atoms with Gasteiger partial charge in [0.2, 0.25) is 0 Å². The third-order valence-electron chi connectivity index (χ3n) is 8.13. The summed E-state index contributed by atoms with van der Waals surface area (Å²) in [6.45, 7) is 21.4. The molecule has 5 unspecified atom stereocenters. The Kier molecular flexibility index (Phi) is 12.9. The van der Waals surface area contributed by atoms with Gasteiger partial charge in [-0.25, -0.2) is 0 Å². The van der Waals surface area contributed by atoms with E-state index < -0.39 is 5.60 Å². The lowest BCUT2D eigenvalue weighted by atomic mass is 9.72. The molecular weight excluding hydrogens is 462 g/mol. The van der Waals surface area contributed by atoms with Crippen LogP contribution in [0.2, 0.25) is 0 Å². The van der Waals surface area contributed by atoms with Crippen molar-refractivity contribution >= 4 is 5.97 Å². The molecule has 1 heterocycles. The molecular formula is C32H57NO4. The molecule has 0 radical (unpaired) electrons. The minimum Gasteiger partial charge on any atom is -0.458 e. The Labute approximate surface area is 228 Å². The monoisotopic (exact) mass is 519 g/mol. The molecule has 1 fully saturated rings. The number of allylic oxidation sites excluding steroid dienone is 4. The molecule has 0 aromatic heterocycles. The first-order valence-corrected chi connectivity index (χ1v) is 14.9. The first kappa shape index (κ1) is 32.0. The van der Waals surface area contributed by atoms with Gasteiger partial charge in [-0.1, -0.05) is 63.8 Å². The Balaban J connectivity index is 2.16. The fourth-order valence-electron chi connectivity index (χ4n) is 5.86. The molecule has 5 nitrogen and oxygen atoms in total. The van der Waals surface area contributed by atoms with Gasteiger partial charge >= 0.3 is 5.97 Å². The van der Waals surface area contributed by atoms with Gasteiger partial charge in [-0.15, -0.1) is 0 Å². The van der Waals surface area contributed by atoms with E-state index in [1.807, 2.05) is 20.8 Å². The second-order valence-electron chi connectivity index (χ2n) is 12.9. The molecule has 1 aliphatic heterocycles. The van der Waals surface area contributed by atoms with Crippen molar-refractivity contribution in [2.24, 2.45) is 11.3 Å². The average molecular weight is 520 g/mol. The Hall–Kier alpha value is -1.17. The van der Waals surface area contributed by atoms with Crippen LogP contribution in [0.25, 0.3) is 0 Å². The van der Waals surface area contributed by atoms with Gasteiger partial charge in [-0.05, 0) is 85.5 Å². The number of unbranched alkanes of at least 4 members (excludes halogenated alkanes) is 1. The topological polar surface area (TPSA) is 48.0 Å². The van der Waals surface area contributed by atoms with Gasteiger partial charge in [-0.3, -0.25) is 9.69 Å². The highest BCUT2D eigenvalue weighted by Crippen LogP contribution is 2.45. The highest BCUT2D eigenvalue weighted by molar-refractivity contribution is 5.75. The highest BCUT2D eigenvalue weighted by Gasteiger charge is 2.49. The molecule has 0 spiro atoms. The van der Waals surface area contributed by atoms with Crippen LogP contribution in [0.15, 0.2) is 23.3 Å². The Morgan fingerprint density at radius 3 is 2.68 bits per heavy atom. The molecule has 0 aromatic carbocycles. The van der Waals surface area contributed by atoms with Crippen LogP contribution < -0.4 is 0 Å². The molecule has 5 heteroatoms. The molecule has 5 atom stereocenters. The number of hydrogen-bond donors (Lipinski definition) is 0. The summed E-state index contributed by atoms with van der Waals surface area (Å²) >= 11 is 0. The van der Waals surface area contributed by atoms with Gasteiger partial charge in [-0.2, -0.15) is 0 Å². The Morgan fingerprint density at radius 2 is 2.03 bits per heavy atom. The van der Waals surface area contributed by atoms with E-state index in [9.17, 15) is 4.79 Å². The van der Waals surface area contributed by atoms with Crippen LogP contribution in [0.5, 0.6) is 0 Å². The molecule has 0 saturated carbocycles. The first-order chi connectivity index (χ1) is 17.4. The molecule has 0 bridgehead atoms. The molecule has 1 aliphatic carbocycles. The number of esters is 1. The predicted molar refractivity (Wildman–Crippen MR) is 154 cm³/mol. The van der Waals surface area contributed by atoms with Crippen LogP contribution in [0.1, 0.15) is 120 Å². The van der Waals surface area contributed by atoms with Gasteiger partial charge in [0, 0.05) is 18.6 Å². The second kappa shape index (κ2) is 14.8. The van der Waals surface area contributed by atoms with E-state index in [1.54, 1.807) is 0 Å². The molecule has 214 valence electrons. The summed E-state index contributed by atoms with van der Waals surface area (Å²) in [7, 11) is 0. The molecule has 0 amide bonds. The number of nitrogens with zero attached hydrogens (tertiary/aromatic N) is 1. The van der Waals surface area contributed by atoms with Gasteiger partial charge < -0.3 is 14.2 Å². The summed E-state index contributed by atoms with van der Waals surface area (Å²) in [4.78, 5) is 15.7. The van der Waals surface area contributed by atoms with E-state index in [4.69, 9.17) is 14.2 Å². The summed E-state index contributed by atoms with van der Waals surface area (Å²) in [5.41, 5.74) is 2.37. The zero-order valence-corrected chi connectivity index (χ0v) is 25.5. The highest BCUT2D eigenvalue weighted by atomic mass is 16.6. The maximum atomic E-state index is 13.5. The van der Waals surface area contributed by atoms with E-state index in [1.165, 1.54) is 11.1 Å². The molecule has 2 rings (SSSR count). The minimum atomic E-state index is -0.477. The van der Waals surface area contributed by atoms with Crippen molar-refractivity contribution in [3.05, 3.63) is 23.3 Å². The molecule has 0 N–H and O–H groups in total. The molecule has 2 aliphatic rings.